The molecule has 0 aliphatic heterocycles. The Morgan fingerprint density at radius 3 is 1.89 bits per heavy atom. The van der Waals surface area contributed by atoms with Crippen molar-refractivity contribution in [3.63, 3.8) is 0 Å². The summed E-state index contributed by atoms with van der Waals surface area (Å²) in [4.78, 5) is 25.2. The molecule has 0 unspecified atom stereocenters. The van der Waals surface area contributed by atoms with Gasteiger partial charge in [-0.15, -0.1) is 0 Å². The second-order valence-electron chi connectivity index (χ2n) is 8.11. The van der Waals surface area contributed by atoms with Crippen LogP contribution in [-0.2, 0) is 16.2 Å². The van der Waals surface area contributed by atoms with Gasteiger partial charge < -0.3 is 10.1 Å². The number of carbonyl (C=O) groups is 2. The van der Waals surface area contributed by atoms with E-state index in [1.807, 2.05) is 115 Å². The number of hydrogen-bond donors (Lipinski definition) is 2. The molecule has 0 radical (unpaired) electrons. The largest absolute Gasteiger partial charge is 0.489 e. The molecule has 0 fully saturated rings. The van der Waals surface area contributed by atoms with Gasteiger partial charge in [-0.3, -0.25) is 9.59 Å². The van der Waals surface area contributed by atoms with Crippen LogP contribution in [0.25, 0.3) is 0 Å². The first kappa shape index (κ1) is 24.4. The van der Waals surface area contributed by atoms with Gasteiger partial charge in [0, 0.05) is 0 Å². The Balaban J connectivity index is 1.26. The van der Waals surface area contributed by atoms with Crippen LogP contribution in [0.3, 0.4) is 0 Å². The maximum absolute atomic E-state index is 13.0. The fourth-order valence-corrected chi connectivity index (χ4v) is 3.66. The highest BCUT2D eigenvalue weighted by Gasteiger charge is 2.22. The molecular formula is C30H27N3O3. The van der Waals surface area contributed by atoms with Crippen molar-refractivity contribution in [2.75, 3.05) is 6.54 Å². The van der Waals surface area contributed by atoms with Crippen molar-refractivity contribution in [2.24, 2.45) is 5.10 Å². The lowest BCUT2D eigenvalue weighted by molar-refractivity contribution is -0.126. The summed E-state index contributed by atoms with van der Waals surface area (Å²) in [5, 5.41) is 6.71. The third-order valence-electron chi connectivity index (χ3n) is 5.48. The van der Waals surface area contributed by atoms with E-state index >= 15 is 0 Å². The van der Waals surface area contributed by atoms with E-state index in [0.717, 1.165) is 28.0 Å². The van der Waals surface area contributed by atoms with E-state index in [0.29, 0.717) is 6.61 Å². The Hall–Kier alpha value is -4.71. The molecule has 4 rings (SSSR count). The van der Waals surface area contributed by atoms with Crippen LogP contribution in [0.4, 0.5) is 0 Å². The van der Waals surface area contributed by atoms with E-state index < -0.39 is 11.8 Å². The van der Waals surface area contributed by atoms with Crippen molar-refractivity contribution < 1.29 is 14.3 Å². The fourth-order valence-electron chi connectivity index (χ4n) is 3.66. The summed E-state index contributed by atoms with van der Waals surface area (Å²) in [7, 11) is 0. The first-order chi connectivity index (χ1) is 17.7. The summed E-state index contributed by atoms with van der Waals surface area (Å²) in [5.41, 5.74) is 6.06. The average Bonchev–Trinajstić information content (AvgIpc) is 2.93. The van der Waals surface area contributed by atoms with Gasteiger partial charge in [-0.2, -0.15) is 5.10 Å². The summed E-state index contributed by atoms with van der Waals surface area (Å²) in [6.07, 6.45) is 1.54. The Labute approximate surface area is 210 Å². The van der Waals surface area contributed by atoms with Crippen LogP contribution in [0.2, 0.25) is 0 Å². The van der Waals surface area contributed by atoms with E-state index in [9.17, 15) is 9.59 Å². The number of hydrazone groups is 1. The van der Waals surface area contributed by atoms with Gasteiger partial charge in [0.2, 0.25) is 5.91 Å². The molecule has 0 atom stereocenters. The van der Waals surface area contributed by atoms with Crippen LogP contribution in [0.5, 0.6) is 5.75 Å². The number of amides is 2. The third kappa shape index (κ3) is 7.14. The van der Waals surface area contributed by atoms with Crippen LogP contribution in [0.15, 0.2) is 120 Å². The molecule has 180 valence electrons. The number of rotatable bonds is 10. The number of nitrogens with one attached hydrogen (secondary N) is 2. The molecule has 0 bridgehead atoms. The second-order valence-corrected chi connectivity index (χ2v) is 8.11. The van der Waals surface area contributed by atoms with Crippen LogP contribution >= 0.6 is 0 Å². The molecule has 6 heteroatoms. The zero-order valence-corrected chi connectivity index (χ0v) is 19.7. The first-order valence-electron chi connectivity index (χ1n) is 11.7. The highest BCUT2D eigenvalue weighted by molar-refractivity contribution is 5.91. The van der Waals surface area contributed by atoms with E-state index in [-0.39, 0.29) is 12.5 Å². The smallest absolute Gasteiger partial charge is 0.259 e. The molecule has 0 saturated carbocycles. The van der Waals surface area contributed by atoms with Crippen LogP contribution in [0.1, 0.15) is 28.2 Å². The minimum absolute atomic E-state index is 0.182. The Morgan fingerprint density at radius 1 is 0.750 bits per heavy atom. The van der Waals surface area contributed by atoms with Gasteiger partial charge in [-0.1, -0.05) is 91.0 Å². The van der Waals surface area contributed by atoms with Crippen molar-refractivity contribution in [3.05, 3.63) is 138 Å². The molecule has 0 aliphatic carbocycles. The predicted molar refractivity (Wildman–Crippen MR) is 141 cm³/mol. The van der Waals surface area contributed by atoms with E-state index in [1.54, 1.807) is 0 Å². The fraction of sp³-hybridized carbons (Fsp3) is 0.100. The molecule has 0 saturated heterocycles. The van der Waals surface area contributed by atoms with Gasteiger partial charge >= 0.3 is 0 Å². The zero-order chi connectivity index (χ0) is 25.0. The monoisotopic (exact) mass is 477 g/mol. The van der Waals surface area contributed by atoms with E-state index in [4.69, 9.17) is 4.74 Å². The highest BCUT2D eigenvalue weighted by atomic mass is 16.5. The Kier molecular flexibility index (Phi) is 8.59. The number of ether oxygens (including phenoxy) is 1. The number of benzene rings is 4. The molecule has 4 aromatic rings. The summed E-state index contributed by atoms with van der Waals surface area (Å²) in [6.45, 7) is 0.310. The third-order valence-corrected chi connectivity index (χ3v) is 5.48. The topological polar surface area (TPSA) is 79.8 Å². The quantitative estimate of drug-likeness (QED) is 0.257. The molecule has 2 N–H and O–H groups in total. The van der Waals surface area contributed by atoms with Gasteiger partial charge in [-0.25, -0.2) is 5.43 Å². The zero-order valence-electron chi connectivity index (χ0n) is 19.7. The molecule has 0 heterocycles. The number of carbonyl (C=O) groups excluding carboxylic acids is 2. The lowest BCUT2D eigenvalue weighted by Gasteiger charge is -2.17. The molecule has 4 aromatic carbocycles. The summed E-state index contributed by atoms with van der Waals surface area (Å²) >= 11 is 0. The molecule has 36 heavy (non-hydrogen) atoms. The van der Waals surface area contributed by atoms with E-state index in [1.165, 1.54) is 6.21 Å². The molecule has 2 amide bonds. The van der Waals surface area contributed by atoms with Gasteiger partial charge in [0.15, 0.2) is 0 Å². The average molecular weight is 478 g/mol. The van der Waals surface area contributed by atoms with Crippen molar-refractivity contribution in [3.8, 4) is 5.75 Å². The Bertz CT molecular complexity index is 1240. The minimum Gasteiger partial charge on any atom is -0.489 e. The van der Waals surface area contributed by atoms with Gasteiger partial charge in [0.1, 0.15) is 12.4 Å². The summed E-state index contributed by atoms with van der Waals surface area (Å²) < 4.78 is 5.77. The molecule has 0 aromatic heterocycles. The van der Waals surface area contributed by atoms with E-state index in [2.05, 4.69) is 15.8 Å². The standard InChI is InChI=1S/C30H27N3O3/c34-28(21-31-30(35)29(25-12-6-2-7-13-25)26-14-8-3-9-15-26)33-32-20-23-16-18-27(19-17-23)36-22-24-10-4-1-5-11-24/h1-20,29H,21-22H2,(H,31,35)(H,33,34)/b32-20+. The van der Waals surface area contributed by atoms with Gasteiger partial charge in [0.25, 0.3) is 5.91 Å². The summed E-state index contributed by atoms with van der Waals surface area (Å²) in [6, 6.07) is 36.3. The number of hydrogen-bond acceptors (Lipinski definition) is 4. The minimum atomic E-state index is -0.508. The first-order valence-corrected chi connectivity index (χ1v) is 11.7. The van der Waals surface area contributed by atoms with Gasteiger partial charge in [0.05, 0.1) is 18.7 Å². The molecule has 0 aliphatic rings. The van der Waals surface area contributed by atoms with Crippen molar-refractivity contribution in [2.45, 2.75) is 12.5 Å². The molecular weight excluding hydrogens is 450 g/mol. The SMILES string of the molecule is O=C(CNC(=O)C(c1ccccc1)c1ccccc1)N/N=C/c1ccc(OCc2ccccc2)cc1. The van der Waals surface area contributed by atoms with Crippen LogP contribution in [-0.4, -0.2) is 24.6 Å². The molecule has 0 spiro atoms. The lowest BCUT2D eigenvalue weighted by atomic mass is 9.90. The highest BCUT2D eigenvalue weighted by Crippen LogP contribution is 2.24. The maximum atomic E-state index is 13.0. The van der Waals surface area contributed by atoms with Crippen LogP contribution in [0, 0.1) is 0 Å². The normalized spacial score (nSPS) is 10.8. The Morgan fingerprint density at radius 2 is 1.31 bits per heavy atom. The molecule has 6 nitrogen and oxygen atoms in total. The maximum Gasteiger partial charge on any atom is 0.259 e. The van der Waals surface area contributed by atoms with Crippen molar-refractivity contribution in [1.82, 2.24) is 10.7 Å². The predicted octanol–water partition coefficient (Wildman–Crippen LogP) is 4.66. The summed E-state index contributed by atoms with van der Waals surface area (Å²) in [5.74, 6) is -0.430. The van der Waals surface area contributed by atoms with Crippen LogP contribution < -0.4 is 15.5 Å². The van der Waals surface area contributed by atoms with Crippen molar-refractivity contribution in [1.29, 1.82) is 0 Å². The van der Waals surface area contributed by atoms with Gasteiger partial charge in [-0.05, 0) is 46.5 Å². The lowest BCUT2D eigenvalue weighted by Crippen LogP contribution is -2.37. The second kappa shape index (κ2) is 12.7. The number of nitrogens with zero attached hydrogens (tertiary/aromatic N) is 1. The van der Waals surface area contributed by atoms with Crippen molar-refractivity contribution >= 4 is 18.0 Å².